The molecule has 0 fully saturated rings. The predicted octanol–water partition coefficient (Wildman–Crippen LogP) is 8.36. The van der Waals surface area contributed by atoms with E-state index in [0.717, 1.165) is 32.4 Å². The molecule has 0 amide bonds. The van der Waals surface area contributed by atoms with E-state index < -0.39 is 10.9 Å². The van der Waals surface area contributed by atoms with Crippen LogP contribution in [0.4, 0.5) is 11.4 Å². The molecule has 224 valence electrons. The Morgan fingerprint density at radius 3 is 2.27 bits per heavy atom. The zero-order valence-corrected chi connectivity index (χ0v) is 26.1. The van der Waals surface area contributed by atoms with E-state index in [0.29, 0.717) is 21.4 Å². The molecule has 2 heterocycles. The molecule has 0 aliphatic carbocycles. The molecule has 1 aliphatic rings. The number of thioether (sulfide) groups is 1. The number of ether oxygens (including phenoxy) is 2. The predicted molar refractivity (Wildman–Crippen MR) is 174 cm³/mol. The van der Waals surface area contributed by atoms with Crippen LogP contribution < -0.4 is 4.74 Å². The third-order valence-electron chi connectivity index (χ3n) is 6.81. The zero-order chi connectivity index (χ0) is 31.4. The van der Waals surface area contributed by atoms with Crippen LogP contribution in [0.3, 0.4) is 0 Å². The second kappa shape index (κ2) is 13.3. The number of aliphatic imine (C=N–C) groups is 1. The summed E-state index contributed by atoms with van der Waals surface area (Å²) in [5, 5.41) is 22.4. The van der Waals surface area contributed by atoms with Gasteiger partial charge >= 0.3 is 5.97 Å². The Kier molecular flexibility index (Phi) is 9.26. The van der Waals surface area contributed by atoms with E-state index in [1.165, 1.54) is 35.7 Å². The minimum Gasteiger partial charge on any atom is -0.506 e. The summed E-state index contributed by atoms with van der Waals surface area (Å²) in [4.78, 5) is 30.4. The van der Waals surface area contributed by atoms with Crippen molar-refractivity contribution in [2.24, 2.45) is 4.99 Å². The molecule has 5 rings (SSSR count). The number of aliphatic hydroxyl groups excluding tert-OH is 1. The molecule has 0 radical (unpaired) electrons. The monoisotopic (exact) mass is 627 g/mol. The van der Waals surface area contributed by atoms with Crippen LogP contribution in [0.1, 0.15) is 23.9 Å². The van der Waals surface area contributed by atoms with Crippen LogP contribution in [-0.4, -0.2) is 39.3 Å². The molecule has 44 heavy (non-hydrogen) atoms. The molecule has 1 N–H and O–H groups in total. The first-order chi connectivity index (χ1) is 21.2. The standard InChI is InChI=1S/C33H29N3O6S2/c1-5-42-33(38)30-31(37)29(44-32(30)34-23-6-12-26(41-4)13-7-23)19-22-18-20(2)35(21(22)3)24-8-14-27(15-9-24)43-28-16-10-25(11-17-28)36(39)40/h6-19,37H,5H2,1-4H3/b29-19-,34-32?. The lowest BCUT2D eigenvalue weighted by Gasteiger charge is -2.11. The SMILES string of the molecule is CCOC(=O)C1=C(O)/C(=C/c2cc(C)n(-c3ccc(Sc4ccc([N+](=O)[O-])cc4)cc3)c2C)SC1=Nc1ccc(OC)cc1. The zero-order valence-electron chi connectivity index (χ0n) is 24.4. The fourth-order valence-electron chi connectivity index (χ4n) is 4.67. The fourth-order valence-corrected chi connectivity index (χ4v) is 6.52. The first kappa shape index (κ1) is 30.7. The topological polar surface area (TPSA) is 116 Å². The van der Waals surface area contributed by atoms with Crippen LogP contribution in [0.25, 0.3) is 11.8 Å². The minimum atomic E-state index is -0.634. The molecule has 4 aromatic rings. The quantitative estimate of drug-likeness (QED) is 0.112. The Morgan fingerprint density at radius 1 is 1.05 bits per heavy atom. The molecular formula is C33H29N3O6S2. The lowest BCUT2D eigenvalue weighted by atomic mass is 10.2. The van der Waals surface area contributed by atoms with E-state index in [-0.39, 0.29) is 23.6 Å². The van der Waals surface area contributed by atoms with Gasteiger partial charge in [0.05, 0.1) is 29.2 Å². The molecule has 0 unspecified atom stereocenters. The molecular weight excluding hydrogens is 599 g/mol. The van der Waals surface area contributed by atoms with E-state index in [9.17, 15) is 20.0 Å². The van der Waals surface area contributed by atoms with E-state index in [4.69, 9.17) is 9.47 Å². The van der Waals surface area contributed by atoms with Crippen LogP contribution in [-0.2, 0) is 9.53 Å². The summed E-state index contributed by atoms with van der Waals surface area (Å²) in [7, 11) is 1.58. The Morgan fingerprint density at radius 2 is 1.68 bits per heavy atom. The third-order valence-corrected chi connectivity index (χ3v) is 8.84. The third kappa shape index (κ3) is 6.58. The number of hydrogen-bond acceptors (Lipinski definition) is 9. The van der Waals surface area contributed by atoms with E-state index in [1.807, 2.05) is 50.3 Å². The van der Waals surface area contributed by atoms with Crippen LogP contribution >= 0.6 is 23.5 Å². The van der Waals surface area contributed by atoms with E-state index >= 15 is 0 Å². The lowest BCUT2D eigenvalue weighted by molar-refractivity contribution is -0.384. The van der Waals surface area contributed by atoms with Gasteiger partial charge in [-0.25, -0.2) is 9.79 Å². The highest BCUT2D eigenvalue weighted by atomic mass is 32.2. The van der Waals surface area contributed by atoms with Crippen LogP contribution in [0.2, 0.25) is 0 Å². The number of nitro benzene ring substituents is 1. The van der Waals surface area contributed by atoms with Crippen molar-refractivity contribution in [3.8, 4) is 11.4 Å². The average molecular weight is 628 g/mol. The van der Waals surface area contributed by atoms with E-state index in [2.05, 4.69) is 9.56 Å². The lowest BCUT2D eigenvalue weighted by Crippen LogP contribution is -2.12. The number of carbonyl (C=O) groups excluding carboxylic acids is 1. The molecule has 0 spiro atoms. The summed E-state index contributed by atoms with van der Waals surface area (Å²) >= 11 is 2.73. The highest BCUT2D eigenvalue weighted by molar-refractivity contribution is 8.18. The van der Waals surface area contributed by atoms with Gasteiger partial charge in [0, 0.05) is 39.0 Å². The molecule has 3 aromatic carbocycles. The number of aliphatic hydroxyl groups is 1. The highest BCUT2D eigenvalue weighted by Gasteiger charge is 2.33. The highest BCUT2D eigenvalue weighted by Crippen LogP contribution is 2.41. The number of aryl methyl sites for hydroxylation is 1. The maximum Gasteiger partial charge on any atom is 0.344 e. The number of rotatable bonds is 9. The van der Waals surface area contributed by atoms with Gasteiger partial charge in [-0.1, -0.05) is 23.5 Å². The fraction of sp³-hybridized carbons (Fsp3) is 0.152. The average Bonchev–Trinajstić information content (AvgIpc) is 3.47. The Bertz CT molecular complexity index is 1810. The van der Waals surface area contributed by atoms with Gasteiger partial charge in [0.25, 0.3) is 5.69 Å². The molecule has 9 nitrogen and oxygen atoms in total. The van der Waals surface area contributed by atoms with Gasteiger partial charge in [0.2, 0.25) is 0 Å². The van der Waals surface area contributed by atoms with Crippen molar-refractivity contribution >= 4 is 52.0 Å². The Labute approximate surface area is 263 Å². The van der Waals surface area contributed by atoms with Gasteiger partial charge in [-0.2, -0.15) is 0 Å². The van der Waals surface area contributed by atoms with Crippen molar-refractivity contribution in [3.05, 3.63) is 122 Å². The number of non-ortho nitro benzene ring substituents is 1. The van der Waals surface area contributed by atoms with Crippen molar-refractivity contribution < 1.29 is 24.3 Å². The van der Waals surface area contributed by atoms with Crippen LogP contribution in [0.5, 0.6) is 5.75 Å². The van der Waals surface area contributed by atoms with Crippen LogP contribution in [0.15, 0.2) is 110 Å². The maximum atomic E-state index is 12.8. The Hall–Kier alpha value is -4.74. The second-order valence-corrected chi connectivity index (χ2v) is 11.9. The normalized spacial score (nSPS) is 14.8. The molecule has 1 aromatic heterocycles. The van der Waals surface area contributed by atoms with Gasteiger partial charge in [0.1, 0.15) is 22.1 Å². The number of nitrogens with zero attached hydrogens (tertiary/aromatic N) is 3. The second-order valence-electron chi connectivity index (χ2n) is 9.68. The van der Waals surface area contributed by atoms with E-state index in [1.54, 1.807) is 50.4 Å². The molecule has 1 aliphatic heterocycles. The Balaban J connectivity index is 1.42. The van der Waals surface area contributed by atoms with Crippen molar-refractivity contribution in [1.82, 2.24) is 4.57 Å². The maximum absolute atomic E-state index is 12.8. The summed E-state index contributed by atoms with van der Waals surface area (Å²) in [5.74, 6) is -0.116. The summed E-state index contributed by atoms with van der Waals surface area (Å²) in [6.45, 7) is 5.89. The van der Waals surface area contributed by atoms with Crippen molar-refractivity contribution in [1.29, 1.82) is 0 Å². The van der Waals surface area contributed by atoms with Gasteiger partial charge in [0.15, 0.2) is 0 Å². The molecule has 0 bridgehead atoms. The first-order valence-corrected chi connectivity index (χ1v) is 15.3. The number of carbonyl (C=O) groups is 1. The first-order valence-electron chi connectivity index (χ1n) is 13.6. The molecule has 0 saturated carbocycles. The summed E-state index contributed by atoms with van der Waals surface area (Å²) in [5.41, 5.74) is 4.50. The summed E-state index contributed by atoms with van der Waals surface area (Å²) in [6, 6.07) is 23.7. The number of methoxy groups -OCH3 is 1. The summed E-state index contributed by atoms with van der Waals surface area (Å²) < 4.78 is 12.6. The van der Waals surface area contributed by atoms with Gasteiger partial charge < -0.3 is 19.1 Å². The van der Waals surface area contributed by atoms with Crippen molar-refractivity contribution in [2.75, 3.05) is 13.7 Å². The largest absolute Gasteiger partial charge is 0.506 e. The summed E-state index contributed by atoms with van der Waals surface area (Å²) in [6.07, 6.45) is 1.85. The number of benzene rings is 3. The number of aromatic nitrogens is 1. The number of esters is 1. The van der Waals surface area contributed by atoms with Gasteiger partial charge in [-0.15, -0.1) is 0 Å². The molecule has 0 saturated heterocycles. The van der Waals surface area contributed by atoms with Crippen LogP contribution in [0, 0.1) is 24.0 Å². The minimum absolute atomic E-state index is 0.0360. The smallest absolute Gasteiger partial charge is 0.344 e. The van der Waals surface area contributed by atoms with Gasteiger partial charge in [-0.05, 0) is 99.1 Å². The molecule has 11 heteroatoms. The number of nitro groups is 1. The van der Waals surface area contributed by atoms with Gasteiger partial charge in [-0.3, -0.25) is 10.1 Å². The van der Waals surface area contributed by atoms with Crippen molar-refractivity contribution in [2.45, 2.75) is 30.6 Å². The number of hydrogen-bond donors (Lipinski definition) is 1. The molecule has 0 atom stereocenters. The van der Waals surface area contributed by atoms with Crippen molar-refractivity contribution in [3.63, 3.8) is 0 Å².